The normalized spacial score (nSPS) is 10.8. The van der Waals surface area contributed by atoms with Crippen molar-refractivity contribution in [3.63, 3.8) is 0 Å². The fourth-order valence-corrected chi connectivity index (χ4v) is 1.64. The largest absolute Gasteiger partial charge is 0.359 e. The highest BCUT2D eigenvalue weighted by Gasteiger charge is 2.06. The van der Waals surface area contributed by atoms with Crippen molar-refractivity contribution < 1.29 is 4.79 Å². The number of para-hydroxylation sites is 1. The molecule has 4 nitrogen and oxygen atoms in total. The number of aromatic nitrogens is 1. The van der Waals surface area contributed by atoms with Crippen molar-refractivity contribution in [3.8, 4) is 0 Å². The Labute approximate surface area is 100 Å². The zero-order chi connectivity index (χ0) is 12.3. The highest BCUT2D eigenvalue weighted by molar-refractivity contribution is 6.00. The lowest BCUT2D eigenvalue weighted by Gasteiger charge is -2.08. The number of carbonyl (C=O) groups is 1. The predicted molar refractivity (Wildman–Crippen MR) is 70.2 cm³/mol. The summed E-state index contributed by atoms with van der Waals surface area (Å²) in [6.07, 6.45) is 1.81. The summed E-state index contributed by atoms with van der Waals surface area (Å²) in [5.41, 5.74) is 1.83. The molecule has 0 radical (unpaired) electrons. The molecule has 3 N–H and O–H groups in total. The Kier molecular flexibility index (Phi) is 3.32. The highest BCUT2D eigenvalue weighted by Crippen LogP contribution is 2.22. The number of hydrogen-bond donors (Lipinski definition) is 3. The second-order valence-electron chi connectivity index (χ2n) is 4.48. The van der Waals surface area contributed by atoms with E-state index in [0.29, 0.717) is 12.5 Å². The van der Waals surface area contributed by atoms with Crippen LogP contribution in [0, 0.1) is 5.92 Å². The van der Waals surface area contributed by atoms with Crippen LogP contribution in [0.15, 0.2) is 30.5 Å². The molecule has 0 spiro atoms. The third-order valence-corrected chi connectivity index (χ3v) is 2.51. The fourth-order valence-electron chi connectivity index (χ4n) is 1.64. The van der Waals surface area contributed by atoms with E-state index in [2.05, 4.69) is 29.5 Å². The second-order valence-corrected chi connectivity index (χ2v) is 4.48. The molecule has 2 amide bonds. The average molecular weight is 231 g/mol. The molecule has 1 heterocycles. The molecular formula is C13H17N3O. The lowest BCUT2D eigenvalue weighted by Crippen LogP contribution is -2.31. The molecule has 0 bridgehead atoms. The Balaban J connectivity index is 2.06. The van der Waals surface area contributed by atoms with E-state index < -0.39 is 0 Å². The number of nitrogens with one attached hydrogen (secondary N) is 3. The number of hydrogen-bond acceptors (Lipinski definition) is 1. The van der Waals surface area contributed by atoms with Crippen molar-refractivity contribution in [2.75, 3.05) is 11.9 Å². The van der Waals surface area contributed by atoms with Crippen LogP contribution in [0.5, 0.6) is 0 Å². The van der Waals surface area contributed by atoms with Crippen LogP contribution in [0.3, 0.4) is 0 Å². The molecule has 2 aromatic rings. The van der Waals surface area contributed by atoms with Gasteiger partial charge in [0.05, 0.1) is 5.69 Å². The SMILES string of the molecule is CC(C)CNC(=O)Nc1c[nH]c2ccccc12. The molecule has 2 rings (SSSR count). The molecule has 0 fully saturated rings. The first-order chi connectivity index (χ1) is 8.16. The van der Waals surface area contributed by atoms with Crippen molar-refractivity contribution in [2.45, 2.75) is 13.8 Å². The van der Waals surface area contributed by atoms with Crippen LogP contribution < -0.4 is 10.6 Å². The van der Waals surface area contributed by atoms with Gasteiger partial charge in [-0.1, -0.05) is 32.0 Å². The molecule has 1 aromatic carbocycles. The van der Waals surface area contributed by atoms with Crippen molar-refractivity contribution >= 4 is 22.6 Å². The minimum atomic E-state index is -0.163. The van der Waals surface area contributed by atoms with Crippen LogP contribution in [0.2, 0.25) is 0 Å². The topological polar surface area (TPSA) is 56.9 Å². The van der Waals surface area contributed by atoms with Gasteiger partial charge in [-0.15, -0.1) is 0 Å². The molecule has 0 aliphatic rings. The van der Waals surface area contributed by atoms with Gasteiger partial charge in [0.25, 0.3) is 0 Å². The molecule has 0 atom stereocenters. The maximum Gasteiger partial charge on any atom is 0.319 e. The first kappa shape index (κ1) is 11.5. The van der Waals surface area contributed by atoms with Gasteiger partial charge in [0.15, 0.2) is 0 Å². The van der Waals surface area contributed by atoms with Gasteiger partial charge in [0, 0.05) is 23.6 Å². The van der Waals surface area contributed by atoms with E-state index in [1.54, 1.807) is 6.20 Å². The predicted octanol–water partition coefficient (Wildman–Crippen LogP) is 2.95. The van der Waals surface area contributed by atoms with E-state index in [0.717, 1.165) is 16.6 Å². The summed E-state index contributed by atoms with van der Waals surface area (Å²) in [7, 11) is 0. The molecular weight excluding hydrogens is 214 g/mol. The summed E-state index contributed by atoms with van der Waals surface area (Å²) >= 11 is 0. The average Bonchev–Trinajstić information content (AvgIpc) is 2.70. The van der Waals surface area contributed by atoms with Gasteiger partial charge < -0.3 is 15.6 Å². The molecule has 0 saturated carbocycles. The fraction of sp³-hybridized carbons (Fsp3) is 0.308. The van der Waals surface area contributed by atoms with Gasteiger partial charge in [0.1, 0.15) is 0 Å². The van der Waals surface area contributed by atoms with Gasteiger partial charge in [-0.25, -0.2) is 4.79 Å². The van der Waals surface area contributed by atoms with Crippen molar-refractivity contribution in [1.82, 2.24) is 10.3 Å². The number of urea groups is 1. The Morgan fingerprint density at radius 2 is 2.12 bits per heavy atom. The second kappa shape index (κ2) is 4.91. The van der Waals surface area contributed by atoms with E-state index in [1.807, 2.05) is 24.3 Å². The number of amides is 2. The Hall–Kier alpha value is -1.97. The maximum absolute atomic E-state index is 11.6. The first-order valence-electron chi connectivity index (χ1n) is 5.78. The van der Waals surface area contributed by atoms with Gasteiger partial charge in [-0.05, 0) is 12.0 Å². The van der Waals surface area contributed by atoms with Crippen molar-refractivity contribution in [1.29, 1.82) is 0 Å². The zero-order valence-corrected chi connectivity index (χ0v) is 10.1. The van der Waals surface area contributed by atoms with Gasteiger partial charge in [-0.2, -0.15) is 0 Å². The van der Waals surface area contributed by atoms with E-state index >= 15 is 0 Å². The number of H-pyrrole nitrogens is 1. The van der Waals surface area contributed by atoms with Crippen LogP contribution >= 0.6 is 0 Å². The molecule has 1 aromatic heterocycles. The van der Waals surface area contributed by atoms with Crippen LogP contribution in [0.4, 0.5) is 10.5 Å². The van der Waals surface area contributed by atoms with Crippen LogP contribution in [0.25, 0.3) is 10.9 Å². The standard InChI is InChI=1S/C13H17N3O/c1-9(2)7-15-13(17)16-12-8-14-11-6-4-3-5-10(11)12/h3-6,8-9,14H,7H2,1-2H3,(H2,15,16,17). The number of fused-ring (bicyclic) bond motifs is 1. The number of rotatable bonds is 3. The minimum Gasteiger partial charge on any atom is -0.359 e. The lowest BCUT2D eigenvalue weighted by molar-refractivity contribution is 0.251. The lowest BCUT2D eigenvalue weighted by atomic mass is 10.2. The molecule has 0 aliphatic carbocycles. The summed E-state index contributed by atoms with van der Waals surface area (Å²) in [4.78, 5) is 14.7. The molecule has 0 unspecified atom stereocenters. The molecule has 0 aliphatic heterocycles. The molecule has 17 heavy (non-hydrogen) atoms. The summed E-state index contributed by atoms with van der Waals surface area (Å²) in [6.45, 7) is 4.80. The number of aromatic amines is 1. The van der Waals surface area contributed by atoms with Crippen molar-refractivity contribution in [2.24, 2.45) is 5.92 Å². The monoisotopic (exact) mass is 231 g/mol. The zero-order valence-electron chi connectivity index (χ0n) is 10.1. The Morgan fingerprint density at radius 1 is 1.35 bits per heavy atom. The maximum atomic E-state index is 11.6. The van der Waals surface area contributed by atoms with E-state index in [1.165, 1.54) is 0 Å². The third-order valence-electron chi connectivity index (χ3n) is 2.51. The van der Waals surface area contributed by atoms with Crippen molar-refractivity contribution in [3.05, 3.63) is 30.5 Å². The number of carbonyl (C=O) groups excluding carboxylic acids is 1. The third kappa shape index (κ3) is 2.78. The van der Waals surface area contributed by atoms with Crippen LogP contribution in [0.1, 0.15) is 13.8 Å². The highest BCUT2D eigenvalue weighted by atomic mass is 16.2. The Bertz CT molecular complexity index is 516. The van der Waals surface area contributed by atoms with Crippen LogP contribution in [-0.2, 0) is 0 Å². The first-order valence-corrected chi connectivity index (χ1v) is 5.78. The summed E-state index contributed by atoms with van der Waals surface area (Å²) in [5.74, 6) is 0.448. The molecule has 0 saturated heterocycles. The molecule has 4 heteroatoms. The van der Waals surface area contributed by atoms with Gasteiger partial charge >= 0.3 is 6.03 Å². The number of anilines is 1. The van der Waals surface area contributed by atoms with E-state index in [9.17, 15) is 4.79 Å². The van der Waals surface area contributed by atoms with E-state index in [4.69, 9.17) is 0 Å². The number of benzene rings is 1. The van der Waals surface area contributed by atoms with Gasteiger partial charge in [0.2, 0.25) is 0 Å². The molecule has 90 valence electrons. The van der Waals surface area contributed by atoms with E-state index in [-0.39, 0.29) is 6.03 Å². The summed E-state index contributed by atoms with van der Waals surface area (Å²) < 4.78 is 0. The summed E-state index contributed by atoms with van der Waals surface area (Å²) in [5, 5.41) is 6.68. The van der Waals surface area contributed by atoms with Gasteiger partial charge in [-0.3, -0.25) is 0 Å². The smallest absolute Gasteiger partial charge is 0.319 e. The Morgan fingerprint density at radius 3 is 2.88 bits per heavy atom. The summed E-state index contributed by atoms with van der Waals surface area (Å²) in [6, 6.07) is 7.70. The quantitative estimate of drug-likeness (QED) is 0.747. The minimum absolute atomic E-state index is 0.163. The van der Waals surface area contributed by atoms with Crippen LogP contribution in [-0.4, -0.2) is 17.6 Å².